The number of likely N-dealkylation sites (N-methyl/N-ethyl adjacent to an activating group) is 1. The fraction of sp³-hybridized carbons (Fsp3) is 0.600. The molecule has 0 heterocycles. The van der Waals surface area contributed by atoms with Crippen molar-refractivity contribution in [1.82, 2.24) is 5.32 Å². The van der Waals surface area contributed by atoms with E-state index >= 15 is 0 Å². The highest BCUT2D eigenvalue weighted by molar-refractivity contribution is 5.27. The molecule has 21 heavy (non-hydrogen) atoms. The van der Waals surface area contributed by atoms with E-state index in [0.29, 0.717) is 6.61 Å². The average molecular weight is 305 g/mol. The molecule has 0 aliphatic rings. The monoisotopic (exact) mass is 305 g/mol. The van der Waals surface area contributed by atoms with Crippen LogP contribution < -0.4 is 10.1 Å². The van der Waals surface area contributed by atoms with E-state index in [-0.39, 0.29) is 11.8 Å². The van der Waals surface area contributed by atoms with Gasteiger partial charge in [-0.15, -0.1) is 13.2 Å². The minimum Gasteiger partial charge on any atom is -0.406 e. The largest absolute Gasteiger partial charge is 0.573 e. The maximum Gasteiger partial charge on any atom is 0.573 e. The summed E-state index contributed by atoms with van der Waals surface area (Å²) in [6.07, 6.45) is -1.98. The minimum absolute atomic E-state index is 0.191. The second-order valence-electron chi connectivity index (χ2n) is 4.72. The van der Waals surface area contributed by atoms with Crippen molar-refractivity contribution in [3.05, 3.63) is 29.8 Å². The molecule has 0 bridgehead atoms. The molecule has 0 spiro atoms. The van der Waals surface area contributed by atoms with Crippen molar-refractivity contribution in [3.63, 3.8) is 0 Å². The van der Waals surface area contributed by atoms with E-state index in [4.69, 9.17) is 4.74 Å². The Balaban J connectivity index is 2.45. The van der Waals surface area contributed by atoms with Crippen LogP contribution in [-0.2, 0) is 11.2 Å². The molecule has 0 aliphatic heterocycles. The zero-order valence-corrected chi connectivity index (χ0v) is 12.4. The van der Waals surface area contributed by atoms with E-state index in [1.54, 1.807) is 12.1 Å². The quantitative estimate of drug-likeness (QED) is 0.708. The molecule has 1 unspecified atom stereocenters. The van der Waals surface area contributed by atoms with E-state index in [0.717, 1.165) is 31.4 Å². The van der Waals surface area contributed by atoms with Gasteiger partial charge in [0.25, 0.3) is 0 Å². The standard InChI is InChI=1S/C15H22F3NO2/c1-3-20-10-4-5-13(19-2)11-12-6-8-14(9-7-12)21-15(16,17)18/h6-9,13,19H,3-5,10-11H2,1-2H3. The van der Waals surface area contributed by atoms with Gasteiger partial charge in [0.15, 0.2) is 0 Å². The SMILES string of the molecule is CCOCCCC(Cc1ccc(OC(F)(F)F)cc1)NC. The normalized spacial score (nSPS) is 13.2. The second kappa shape index (κ2) is 8.89. The van der Waals surface area contributed by atoms with Crippen molar-refractivity contribution < 1.29 is 22.6 Å². The zero-order chi connectivity index (χ0) is 15.7. The summed E-state index contributed by atoms with van der Waals surface area (Å²) in [5.41, 5.74) is 0.972. The lowest BCUT2D eigenvalue weighted by Crippen LogP contribution is -2.27. The van der Waals surface area contributed by atoms with Gasteiger partial charge in [-0.3, -0.25) is 0 Å². The van der Waals surface area contributed by atoms with E-state index in [2.05, 4.69) is 10.1 Å². The third kappa shape index (κ3) is 7.92. The Hall–Kier alpha value is -1.27. The molecule has 0 amide bonds. The highest BCUT2D eigenvalue weighted by atomic mass is 19.4. The van der Waals surface area contributed by atoms with Gasteiger partial charge in [-0.25, -0.2) is 0 Å². The van der Waals surface area contributed by atoms with Gasteiger partial charge >= 0.3 is 6.36 Å². The number of alkyl halides is 3. The van der Waals surface area contributed by atoms with Gasteiger partial charge in [-0.1, -0.05) is 12.1 Å². The van der Waals surface area contributed by atoms with Gasteiger partial charge in [0.2, 0.25) is 0 Å². The molecule has 1 N–H and O–H groups in total. The van der Waals surface area contributed by atoms with Crippen LogP contribution in [0.4, 0.5) is 13.2 Å². The first-order chi connectivity index (χ1) is 9.94. The lowest BCUT2D eigenvalue weighted by Gasteiger charge is -2.16. The van der Waals surface area contributed by atoms with Crippen LogP contribution in [0.15, 0.2) is 24.3 Å². The number of rotatable bonds is 9. The van der Waals surface area contributed by atoms with Crippen LogP contribution in [-0.4, -0.2) is 32.7 Å². The van der Waals surface area contributed by atoms with Crippen molar-refractivity contribution in [1.29, 1.82) is 0 Å². The average Bonchev–Trinajstić information content (AvgIpc) is 2.42. The van der Waals surface area contributed by atoms with Crippen LogP contribution in [0.1, 0.15) is 25.3 Å². The molecule has 3 nitrogen and oxygen atoms in total. The van der Waals surface area contributed by atoms with Crippen LogP contribution in [0, 0.1) is 0 Å². The summed E-state index contributed by atoms with van der Waals surface area (Å²) < 4.78 is 45.3. The molecule has 0 aliphatic carbocycles. The molecular weight excluding hydrogens is 283 g/mol. The maximum atomic E-state index is 12.1. The summed E-state index contributed by atoms with van der Waals surface area (Å²) in [7, 11) is 1.88. The molecule has 0 aromatic heterocycles. The van der Waals surface area contributed by atoms with Gasteiger partial charge in [0.1, 0.15) is 5.75 Å². The molecule has 1 rings (SSSR count). The Kier molecular flexibility index (Phi) is 7.53. The first-order valence-electron chi connectivity index (χ1n) is 7.04. The van der Waals surface area contributed by atoms with Gasteiger partial charge in [-0.2, -0.15) is 0 Å². The van der Waals surface area contributed by atoms with Crippen molar-refractivity contribution in [3.8, 4) is 5.75 Å². The molecule has 6 heteroatoms. The molecule has 0 radical (unpaired) electrons. The Bertz CT molecular complexity index is 393. The van der Waals surface area contributed by atoms with Crippen molar-refractivity contribution in [2.75, 3.05) is 20.3 Å². The molecule has 120 valence electrons. The van der Waals surface area contributed by atoms with Gasteiger partial charge in [0.05, 0.1) is 0 Å². The Morgan fingerprint density at radius 2 is 1.86 bits per heavy atom. The van der Waals surface area contributed by atoms with Crippen molar-refractivity contribution >= 4 is 0 Å². The predicted molar refractivity (Wildman–Crippen MR) is 75.4 cm³/mol. The molecule has 0 saturated carbocycles. The zero-order valence-electron chi connectivity index (χ0n) is 12.4. The van der Waals surface area contributed by atoms with Gasteiger partial charge in [-0.05, 0) is 50.9 Å². The summed E-state index contributed by atoms with van der Waals surface area (Å²) in [4.78, 5) is 0. The van der Waals surface area contributed by atoms with Crippen LogP contribution in [0.25, 0.3) is 0 Å². The number of halogens is 3. The summed E-state index contributed by atoms with van der Waals surface area (Å²) in [5.74, 6) is -0.191. The number of benzene rings is 1. The van der Waals surface area contributed by atoms with Gasteiger partial charge < -0.3 is 14.8 Å². The lowest BCUT2D eigenvalue weighted by atomic mass is 10.0. The predicted octanol–water partition coefficient (Wildman–Crippen LogP) is 3.53. The molecule has 1 atom stereocenters. The maximum absolute atomic E-state index is 12.1. The summed E-state index contributed by atoms with van der Waals surface area (Å²) >= 11 is 0. The summed E-state index contributed by atoms with van der Waals surface area (Å²) in [6, 6.07) is 6.28. The third-order valence-corrected chi connectivity index (χ3v) is 3.09. The molecule has 0 saturated heterocycles. The summed E-state index contributed by atoms with van der Waals surface area (Å²) in [6.45, 7) is 3.40. The fourth-order valence-corrected chi connectivity index (χ4v) is 2.04. The summed E-state index contributed by atoms with van der Waals surface area (Å²) in [5, 5.41) is 3.21. The third-order valence-electron chi connectivity index (χ3n) is 3.09. The number of nitrogens with one attached hydrogen (secondary N) is 1. The molecule has 1 aromatic rings. The Morgan fingerprint density at radius 1 is 1.19 bits per heavy atom. The first kappa shape index (κ1) is 17.8. The van der Waals surface area contributed by atoms with Gasteiger partial charge in [0, 0.05) is 19.3 Å². The Morgan fingerprint density at radius 3 is 2.38 bits per heavy atom. The van der Waals surface area contributed by atoms with Crippen LogP contribution in [0.5, 0.6) is 5.75 Å². The van der Waals surface area contributed by atoms with Crippen LogP contribution in [0.2, 0.25) is 0 Å². The fourth-order valence-electron chi connectivity index (χ4n) is 2.04. The second-order valence-corrected chi connectivity index (χ2v) is 4.72. The Labute approximate surface area is 123 Å². The van der Waals surface area contributed by atoms with E-state index in [1.165, 1.54) is 12.1 Å². The van der Waals surface area contributed by atoms with Crippen LogP contribution in [0.3, 0.4) is 0 Å². The van der Waals surface area contributed by atoms with E-state index in [1.807, 2.05) is 14.0 Å². The molecular formula is C15H22F3NO2. The van der Waals surface area contributed by atoms with Crippen LogP contribution >= 0.6 is 0 Å². The van der Waals surface area contributed by atoms with E-state index in [9.17, 15) is 13.2 Å². The smallest absolute Gasteiger partial charge is 0.406 e. The minimum atomic E-state index is -4.64. The van der Waals surface area contributed by atoms with Crippen molar-refractivity contribution in [2.24, 2.45) is 0 Å². The number of hydrogen-bond donors (Lipinski definition) is 1. The first-order valence-corrected chi connectivity index (χ1v) is 7.04. The molecule has 1 aromatic carbocycles. The highest BCUT2D eigenvalue weighted by Gasteiger charge is 2.30. The number of hydrogen-bond acceptors (Lipinski definition) is 3. The van der Waals surface area contributed by atoms with E-state index < -0.39 is 6.36 Å². The molecule has 0 fully saturated rings. The topological polar surface area (TPSA) is 30.5 Å². The number of ether oxygens (including phenoxy) is 2. The van der Waals surface area contributed by atoms with Crippen molar-refractivity contribution in [2.45, 2.75) is 38.6 Å². The highest BCUT2D eigenvalue weighted by Crippen LogP contribution is 2.23. The lowest BCUT2D eigenvalue weighted by molar-refractivity contribution is -0.274.